The van der Waals surface area contributed by atoms with Gasteiger partial charge in [0.15, 0.2) is 0 Å². The molecule has 0 amide bonds. The van der Waals surface area contributed by atoms with E-state index in [0.717, 1.165) is 18.9 Å². The van der Waals surface area contributed by atoms with Crippen molar-refractivity contribution in [2.75, 3.05) is 12.4 Å². The monoisotopic (exact) mass is 291 g/mol. The van der Waals surface area contributed by atoms with Gasteiger partial charge in [0, 0.05) is 23.7 Å². The van der Waals surface area contributed by atoms with Crippen molar-refractivity contribution in [2.24, 2.45) is 0 Å². The Morgan fingerprint density at radius 3 is 2.62 bits per heavy atom. The van der Waals surface area contributed by atoms with Gasteiger partial charge in [0.1, 0.15) is 11.6 Å². The molecule has 0 aromatic heterocycles. The summed E-state index contributed by atoms with van der Waals surface area (Å²) in [6.45, 7) is 0. The predicted octanol–water partition coefficient (Wildman–Crippen LogP) is 3.32. The van der Waals surface area contributed by atoms with Gasteiger partial charge in [-0.25, -0.2) is 8.78 Å². The maximum Gasteiger partial charge on any atom is 0.150 e. The number of hydrogen-bond donors (Lipinski definition) is 1. The lowest BCUT2D eigenvalue weighted by Crippen LogP contribution is -2.40. The van der Waals surface area contributed by atoms with E-state index in [0.29, 0.717) is 10.2 Å². The lowest BCUT2D eigenvalue weighted by molar-refractivity contribution is 0.0328. The fourth-order valence-corrected chi connectivity index (χ4v) is 2.28. The van der Waals surface area contributed by atoms with Crippen molar-refractivity contribution >= 4 is 21.6 Å². The molecule has 1 N–H and O–H groups in total. The van der Waals surface area contributed by atoms with Gasteiger partial charge in [-0.1, -0.05) is 0 Å². The lowest BCUT2D eigenvalue weighted by Gasteiger charge is -2.35. The highest BCUT2D eigenvalue weighted by atomic mass is 79.9. The van der Waals surface area contributed by atoms with E-state index in [4.69, 9.17) is 4.74 Å². The summed E-state index contributed by atoms with van der Waals surface area (Å²) in [6.07, 6.45) is 1.94. The normalized spacial score (nSPS) is 24.0. The fourth-order valence-electron chi connectivity index (χ4n) is 1.76. The molecule has 5 heteroatoms. The smallest absolute Gasteiger partial charge is 0.150 e. The molecule has 1 aromatic rings. The zero-order valence-electron chi connectivity index (χ0n) is 8.77. The van der Waals surface area contributed by atoms with E-state index >= 15 is 0 Å². The van der Waals surface area contributed by atoms with Crippen molar-refractivity contribution in [1.82, 2.24) is 0 Å². The molecule has 0 spiro atoms. The van der Waals surface area contributed by atoms with Crippen LogP contribution in [0.5, 0.6) is 0 Å². The number of benzene rings is 1. The molecular formula is C11H12BrF2NO. The van der Waals surface area contributed by atoms with Gasteiger partial charge in [0.2, 0.25) is 0 Å². The Morgan fingerprint density at radius 2 is 2.06 bits per heavy atom. The number of rotatable bonds is 3. The Labute approximate surface area is 101 Å². The molecule has 0 saturated heterocycles. The summed E-state index contributed by atoms with van der Waals surface area (Å²) in [4.78, 5) is 0. The zero-order valence-corrected chi connectivity index (χ0v) is 10.4. The van der Waals surface area contributed by atoms with Crippen molar-refractivity contribution in [1.29, 1.82) is 0 Å². The van der Waals surface area contributed by atoms with Crippen LogP contribution >= 0.6 is 15.9 Å². The molecule has 2 rings (SSSR count). The van der Waals surface area contributed by atoms with E-state index in [-0.39, 0.29) is 12.1 Å². The highest BCUT2D eigenvalue weighted by molar-refractivity contribution is 9.10. The summed E-state index contributed by atoms with van der Waals surface area (Å²) in [5.74, 6) is -1.16. The highest BCUT2D eigenvalue weighted by Crippen LogP contribution is 2.32. The number of anilines is 1. The van der Waals surface area contributed by atoms with Crippen LogP contribution in [0.2, 0.25) is 0 Å². The van der Waals surface area contributed by atoms with Gasteiger partial charge in [-0.3, -0.25) is 0 Å². The SMILES string of the molecule is COC1CC(Nc2c(F)cc(F)cc2Br)C1. The summed E-state index contributed by atoms with van der Waals surface area (Å²) >= 11 is 3.14. The third-order valence-electron chi connectivity index (χ3n) is 2.78. The lowest BCUT2D eigenvalue weighted by atomic mass is 9.89. The van der Waals surface area contributed by atoms with Crippen molar-refractivity contribution in [2.45, 2.75) is 25.0 Å². The van der Waals surface area contributed by atoms with E-state index in [9.17, 15) is 8.78 Å². The van der Waals surface area contributed by atoms with Crippen LogP contribution in [0.1, 0.15) is 12.8 Å². The maximum absolute atomic E-state index is 13.4. The Balaban J connectivity index is 2.05. The summed E-state index contributed by atoms with van der Waals surface area (Å²) < 4.78 is 31.8. The minimum atomic E-state index is -0.585. The average molecular weight is 292 g/mol. The van der Waals surface area contributed by atoms with Crippen molar-refractivity contribution in [3.05, 3.63) is 28.2 Å². The summed E-state index contributed by atoms with van der Waals surface area (Å²) in [5.41, 5.74) is 0.320. The molecule has 16 heavy (non-hydrogen) atoms. The zero-order chi connectivity index (χ0) is 11.7. The first-order valence-electron chi connectivity index (χ1n) is 5.04. The minimum Gasteiger partial charge on any atom is -0.381 e. The standard InChI is InChI=1S/C11H12BrF2NO/c1-16-8-4-7(5-8)15-11-9(12)2-6(13)3-10(11)14/h2-3,7-8,15H,4-5H2,1H3. The van der Waals surface area contributed by atoms with E-state index in [1.54, 1.807) is 7.11 Å². The molecule has 0 aliphatic heterocycles. The first-order chi connectivity index (χ1) is 7.60. The summed E-state index contributed by atoms with van der Waals surface area (Å²) in [6, 6.07) is 2.32. The number of hydrogen-bond acceptors (Lipinski definition) is 2. The number of nitrogens with one attached hydrogen (secondary N) is 1. The molecule has 0 unspecified atom stereocenters. The van der Waals surface area contributed by atoms with Gasteiger partial charge < -0.3 is 10.1 Å². The average Bonchev–Trinajstić information content (AvgIpc) is 2.13. The van der Waals surface area contributed by atoms with Crippen LogP contribution in [0.15, 0.2) is 16.6 Å². The van der Waals surface area contributed by atoms with Crippen LogP contribution in [0.4, 0.5) is 14.5 Å². The molecule has 0 radical (unpaired) electrons. The van der Waals surface area contributed by atoms with Crippen LogP contribution in [0.25, 0.3) is 0 Å². The maximum atomic E-state index is 13.4. The van der Waals surface area contributed by atoms with Crippen molar-refractivity contribution < 1.29 is 13.5 Å². The van der Waals surface area contributed by atoms with Gasteiger partial charge >= 0.3 is 0 Å². The van der Waals surface area contributed by atoms with Crippen molar-refractivity contribution in [3.63, 3.8) is 0 Å². The Hall–Kier alpha value is -0.680. The van der Waals surface area contributed by atoms with Crippen LogP contribution in [-0.2, 0) is 4.74 Å². The van der Waals surface area contributed by atoms with Crippen LogP contribution in [-0.4, -0.2) is 19.3 Å². The highest BCUT2D eigenvalue weighted by Gasteiger charge is 2.29. The fraction of sp³-hybridized carbons (Fsp3) is 0.455. The van der Waals surface area contributed by atoms with Gasteiger partial charge in [-0.05, 0) is 34.8 Å². The molecule has 1 aromatic carbocycles. The molecule has 1 aliphatic carbocycles. The summed E-state index contributed by atoms with van der Waals surface area (Å²) in [7, 11) is 1.66. The number of ether oxygens (including phenoxy) is 1. The number of halogens is 3. The van der Waals surface area contributed by atoms with Crippen molar-refractivity contribution in [3.8, 4) is 0 Å². The molecular weight excluding hydrogens is 280 g/mol. The molecule has 0 bridgehead atoms. The quantitative estimate of drug-likeness (QED) is 0.922. The Kier molecular flexibility index (Phi) is 3.44. The predicted molar refractivity (Wildman–Crippen MR) is 61.5 cm³/mol. The van der Waals surface area contributed by atoms with E-state index in [1.165, 1.54) is 6.07 Å². The molecule has 2 nitrogen and oxygen atoms in total. The second-order valence-corrected chi connectivity index (χ2v) is 4.77. The first kappa shape index (κ1) is 11.8. The molecule has 1 saturated carbocycles. The summed E-state index contributed by atoms with van der Waals surface area (Å²) in [5, 5.41) is 3.04. The van der Waals surface area contributed by atoms with Gasteiger partial charge in [0.25, 0.3) is 0 Å². The second-order valence-electron chi connectivity index (χ2n) is 3.91. The first-order valence-corrected chi connectivity index (χ1v) is 5.83. The largest absolute Gasteiger partial charge is 0.381 e. The molecule has 0 atom stereocenters. The third-order valence-corrected chi connectivity index (χ3v) is 3.41. The Morgan fingerprint density at radius 1 is 1.38 bits per heavy atom. The molecule has 1 aliphatic rings. The van der Waals surface area contributed by atoms with Gasteiger partial charge in [-0.2, -0.15) is 0 Å². The van der Waals surface area contributed by atoms with Gasteiger partial charge in [0.05, 0.1) is 11.8 Å². The van der Waals surface area contributed by atoms with E-state index in [2.05, 4.69) is 21.2 Å². The van der Waals surface area contributed by atoms with E-state index < -0.39 is 11.6 Å². The van der Waals surface area contributed by atoms with Crippen LogP contribution in [0, 0.1) is 11.6 Å². The van der Waals surface area contributed by atoms with Gasteiger partial charge in [-0.15, -0.1) is 0 Å². The Bertz CT molecular complexity index is 371. The van der Waals surface area contributed by atoms with E-state index in [1.807, 2.05) is 0 Å². The minimum absolute atomic E-state index is 0.196. The molecule has 0 heterocycles. The number of methoxy groups -OCH3 is 1. The molecule has 88 valence electrons. The topological polar surface area (TPSA) is 21.3 Å². The second kappa shape index (κ2) is 4.67. The molecule has 1 fully saturated rings. The van der Waals surface area contributed by atoms with Crippen LogP contribution in [0.3, 0.4) is 0 Å². The van der Waals surface area contributed by atoms with Crippen LogP contribution < -0.4 is 5.32 Å². The third kappa shape index (κ3) is 2.35.